The molecule has 1 aliphatic rings. The Hall–Kier alpha value is -1.60. The van der Waals surface area contributed by atoms with Crippen LogP contribution in [0.15, 0.2) is 18.3 Å². The second kappa shape index (κ2) is 4.28. The average molecular weight is 203 g/mol. The van der Waals surface area contributed by atoms with Gasteiger partial charge >= 0.3 is 0 Å². The topological polar surface area (TPSA) is 49.1 Å². The lowest BCUT2D eigenvalue weighted by molar-refractivity contribution is 0.207. The van der Waals surface area contributed by atoms with E-state index >= 15 is 0 Å². The van der Waals surface area contributed by atoms with Gasteiger partial charge in [0, 0.05) is 19.3 Å². The van der Waals surface area contributed by atoms with Gasteiger partial charge in [0.25, 0.3) is 0 Å². The number of pyridine rings is 1. The number of aromatic nitrogens is 1. The molecule has 1 atom stereocenters. The number of nitrogens with zero attached hydrogens (tertiary/aromatic N) is 3. The molecular formula is C11H13N3O. The summed E-state index contributed by atoms with van der Waals surface area (Å²) in [5, 5.41) is 8.84. The zero-order chi connectivity index (χ0) is 10.7. The van der Waals surface area contributed by atoms with Crippen LogP contribution in [0.2, 0.25) is 0 Å². The Bertz CT molecular complexity index is 386. The van der Waals surface area contributed by atoms with E-state index in [1.54, 1.807) is 18.3 Å². The first-order valence-corrected chi connectivity index (χ1v) is 5.00. The highest BCUT2D eigenvalue weighted by molar-refractivity contribution is 5.36. The molecule has 0 bridgehead atoms. The molecule has 1 fully saturated rings. The summed E-state index contributed by atoms with van der Waals surface area (Å²) in [6, 6.07) is 5.61. The highest BCUT2D eigenvalue weighted by Gasteiger charge is 2.21. The van der Waals surface area contributed by atoms with Crippen molar-refractivity contribution in [3.8, 4) is 11.8 Å². The molecule has 0 amide bonds. The molecule has 0 spiro atoms. The van der Waals surface area contributed by atoms with Crippen molar-refractivity contribution >= 4 is 0 Å². The molecule has 2 rings (SSSR count). The van der Waals surface area contributed by atoms with E-state index in [9.17, 15) is 0 Å². The molecule has 1 saturated heterocycles. The predicted octanol–water partition coefficient (Wildman–Crippen LogP) is 1.04. The van der Waals surface area contributed by atoms with Gasteiger partial charge in [-0.1, -0.05) is 0 Å². The fourth-order valence-electron chi connectivity index (χ4n) is 1.74. The molecule has 2 heterocycles. The summed E-state index contributed by atoms with van der Waals surface area (Å²) in [6.07, 6.45) is 2.80. The van der Waals surface area contributed by atoms with Crippen molar-refractivity contribution < 1.29 is 4.74 Å². The Labute approximate surface area is 89.1 Å². The van der Waals surface area contributed by atoms with Crippen LogP contribution < -0.4 is 4.74 Å². The third kappa shape index (κ3) is 2.25. The van der Waals surface area contributed by atoms with Crippen molar-refractivity contribution in [2.45, 2.75) is 12.5 Å². The van der Waals surface area contributed by atoms with Crippen molar-refractivity contribution in [1.82, 2.24) is 9.88 Å². The fraction of sp³-hybridized carbons (Fsp3) is 0.455. The number of likely N-dealkylation sites (tertiary alicyclic amines) is 1. The summed E-state index contributed by atoms with van der Waals surface area (Å²) >= 11 is 0. The first kappa shape index (κ1) is 9.94. The summed E-state index contributed by atoms with van der Waals surface area (Å²) in [5.74, 6) is 0.598. The summed E-state index contributed by atoms with van der Waals surface area (Å²) in [5.41, 5.74) is 0.368. The molecule has 0 saturated carbocycles. The molecule has 15 heavy (non-hydrogen) atoms. The smallest absolute Gasteiger partial charge is 0.182 e. The maximum atomic E-state index is 8.84. The first-order chi connectivity index (χ1) is 7.29. The van der Waals surface area contributed by atoms with Crippen LogP contribution in [0.3, 0.4) is 0 Å². The second-order valence-electron chi connectivity index (χ2n) is 3.75. The lowest BCUT2D eigenvalue weighted by Gasteiger charge is -2.13. The van der Waals surface area contributed by atoms with Gasteiger partial charge in [0.2, 0.25) is 0 Å². The van der Waals surface area contributed by atoms with Crippen LogP contribution in [-0.4, -0.2) is 36.1 Å². The zero-order valence-corrected chi connectivity index (χ0v) is 8.68. The van der Waals surface area contributed by atoms with Crippen molar-refractivity contribution in [2.24, 2.45) is 0 Å². The zero-order valence-electron chi connectivity index (χ0n) is 8.68. The molecule has 1 aromatic heterocycles. The Morgan fingerprint density at radius 1 is 1.67 bits per heavy atom. The third-order valence-electron chi connectivity index (χ3n) is 2.52. The molecule has 4 heteroatoms. The van der Waals surface area contributed by atoms with Gasteiger partial charge in [0.15, 0.2) is 11.4 Å². The highest BCUT2D eigenvalue weighted by atomic mass is 16.5. The molecule has 0 radical (unpaired) electrons. The van der Waals surface area contributed by atoms with E-state index in [-0.39, 0.29) is 6.10 Å². The summed E-state index contributed by atoms with van der Waals surface area (Å²) in [4.78, 5) is 6.17. The van der Waals surface area contributed by atoms with Gasteiger partial charge in [0.05, 0.1) is 0 Å². The Kier molecular flexibility index (Phi) is 2.84. The normalized spacial score (nSPS) is 21.2. The van der Waals surface area contributed by atoms with Gasteiger partial charge in [-0.2, -0.15) is 5.26 Å². The van der Waals surface area contributed by atoms with Gasteiger partial charge in [-0.25, -0.2) is 4.98 Å². The summed E-state index contributed by atoms with van der Waals surface area (Å²) in [7, 11) is 2.07. The SMILES string of the molecule is CN1CCC(Oc2cccnc2C#N)C1. The first-order valence-electron chi connectivity index (χ1n) is 5.00. The molecule has 1 aliphatic heterocycles. The van der Waals surface area contributed by atoms with Crippen LogP contribution in [0.5, 0.6) is 5.75 Å². The molecule has 0 aliphatic carbocycles. The summed E-state index contributed by atoms with van der Waals surface area (Å²) in [6.45, 7) is 1.96. The van der Waals surface area contributed by atoms with Gasteiger partial charge in [-0.3, -0.25) is 0 Å². The van der Waals surface area contributed by atoms with Crippen LogP contribution >= 0.6 is 0 Å². The Morgan fingerprint density at radius 3 is 3.20 bits per heavy atom. The maximum absolute atomic E-state index is 8.84. The molecule has 1 unspecified atom stereocenters. The van der Waals surface area contributed by atoms with E-state index in [4.69, 9.17) is 10.00 Å². The minimum absolute atomic E-state index is 0.186. The molecule has 0 N–H and O–H groups in total. The van der Waals surface area contributed by atoms with E-state index in [2.05, 4.69) is 16.9 Å². The van der Waals surface area contributed by atoms with Crippen molar-refractivity contribution in [2.75, 3.05) is 20.1 Å². The number of rotatable bonds is 2. The van der Waals surface area contributed by atoms with Gasteiger partial charge in [-0.05, 0) is 25.6 Å². The van der Waals surface area contributed by atoms with Crippen LogP contribution in [-0.2, 0) is 0 Å². The molecular weight excluding hydrogens is 190 g/mol. The number of hydrogen-bond donors (Lipinski definition) is 0. The molecule has 0 aromatic carbocycles. The monoisotopic (exact) mass is 203 g/mol. The van der Waals surface area contributed by atoms with E-state index in [1.165, 1.54) is 0 Å². The molecule has 1 aromatic rings. The van der Waals surface area contributed by atoms with Crippen molar-refractivity contribution in [1.29, 1.82) is 5.26 Å². The summed E-state index contributed by atoms with van der Waals surface area (Å²) < 4.78 is 5.74. The second-order valence-corrected chi connectivity index (χ2v) is 3.75. The van der Waals surface area contributed by atoms with Crippen LogP contribution in [0, 0.1) is 11.3 Å². The fourth-order valence-corrected chi connectivity index (χ4v) is 1.74. The molecule has 78 valence electrons. The van der Waals surface area contributed by atoms with Crippen LogP contribution in [0.1, 0.15) is 12.1 Å². The molecule has 4 nitrogen and oxygen atoms in total. The van der Waals surface area contributed by atoms with Gasteiger partial charge < -0.3 is 9.64 Å². The van der Waals surface area contributed by atoms with Crippen LogP contribution in [0.25, 0.3) is 0 Å². The Balaban J connectivity index is 2.08. The third-order valence-corrected chi connectivity index (χ3v) is 2.52. The quantitative estimate of drug-likeness (QED) is 0.720. The lowest BCUT2D eigenvalue weighted by Crippen LogP contribution is -2.21. The van der Waals surface area contributed by atoms with E-state index in [1.807, 2.05) is 6.07 Å². The average Bonchev–Trinajstić information content (AvgIpc) is 2.65. The van der Waals surface area contributed by atoms with E-state index in [0.717, 1.165) is 19.5 Å². The lowest BCUT2D eigenvalue weighted by atomic mass is 10.3. The van der Waals surface area contributed by atoms with Gasteiger partial charge in [0.1, 0.15) is 12.2 Å². The Morgan fingerprint density at radius 2 is 2.53 bits per heavy atom. The standard InChI is InChI=1S/C11H13N3O/c1-14-6-4-9(8-14)15-11-3-2-5-13-10(11)7-12/h2-3,5,9H,4,6,8H2,1H3. The van der Waals surface area contributed by atoms with Crippen molar-refractivity contribution in [3.63, 3.8) is 0 Å². The van der Waals surface area contributed by atoms with Crippen LogP contribution in [0.4, 0.5) is 0 Å². The largest absolute Gasteiger partial charge is 0.486 e. The number of likely N-dealkylation sites (N-methyl/N-ethyl adjacent to an activating group) is 1. The maximum Gasteiger partial charge on any atom is 0.182 e. The number of hydrogen-bond acceptors (Lipinski definition) is 4. The minimum Gasteiger partial charge on any atom is -0.486 e. The van der Waals surface area contributed by atoms with Gasteiger partial charge in [-0.15, -0.1) is 0 Å². The number of nitriles is 1. The number of ether oxygens (including phenoxy) is 1. The van der Waals surface area contributed by atoms with E-state index in [0.29, 0.717) is 11.4 Å². The highest BCUT2D eigenvalue weighted by Crippen LogP contribution is 2.19. The minimum atomic E-state index is 0.186. The van der Waals surface area contributed by atoms with Crippen molar-refractivity contribution in [3.05, 3.63) is 24.0 Å². The predicted molar refractivity (Wildman–Crippen MR) is 55.5 cm³/mol. The van der Waals surface area contributed by atoms with E-state index < -0.39 is 0 Å².